The van der Waals surface area contributed by atoms with Crippen LogP contribution in [0.3, 0.4) is 0 Å². The average molecular weight is 330 g/mol. The van der Waals surface area contributed by atoms with Gasteiger partial charge in [0.25, 0.3) is 0 Å². The number of aliphatic hydroxyl groups excluding tert-OH is 1. The van der Waals surface area contributed by atoms with E-state index in [4.69, 9.17) is 9.47 Å². The number of rotatable bonds is 5. The van der Waals surface area contributed by atoms with E-state index in [2.05, 4.69) is 0 Å². The van der Waals surface area contributed by atoms with E-state index in [0.29, 0.717) is 25.0 Å². The summed E-state index contributed by atoms with van der Waals surface area (Å²) in [5.41, 5.74) is 0.607. The molecule has 130 valence electrons. The standard InChI is InChI=1S/C20H26O4/c1-3-23-17(15-10-6-4-7-11-15)14(2)16-18(21)20(24-19(16)22)12-8-5-9-13-20/h4,6-7,10-11,14,17,21H,3,5,8-9,12-13H2,1-2H3/t14-,17+/m0/s1. The van der Waals surface area contributed by atoms with Crippen LogP contribution in [0.1, 0.15) is 57.6 Å². The van der Waals surface area contributed by atoms with Gasteiger partial charge in [-0.3, -0.25) is 0 Å². The lowest BCUT2D eigenvalue weighted by atomic mass is 9.81. The van der Waals surface area contributed by atoms with Gasteiger partial charge in [-0.05, 0) is 38.2 Å². The molecule has 0 unspecified atom stereocenters. The Morgan fingerprint density at radius 2 is 1.88 bits per heavy atom. The van der Waals surface area contributed by atoms with Crippen LogP contribution in [0.4, 0.5) is 0 Å². The van der Waals surface area contributed by atoms with E-state index in [0.717, 1.165) is 24.8 Å². The Balaban J connectivity index is 1.94. The number of hydrogen-bond acceptors (Lipinski definition) is 4. The maximum Gasteiger partial charge on any atom is 0.338 e. The molecular formula is C20H26O4. The third-order valence-electron chi connectivity index (χ3n) is 5.24. The van der Waals surface area contributed by atoms with Crippen molar-refractivity contribution in [3.8, 4) is 0 Å². The first-order valence-electron chi connectivity index (χ1n) is 8.92. The van der Waals surface area contributed by atoms with Crippen molar-refractivity contribution in [3.05, 3.63) is 47.2 Å². The number of aliphatic hydroxyl groups is 1. The molecule has 2 atom stereocenters. The lowest BCUT2D eigenvalue weighted by Crippen LogP contribution is -2.34. The highest BCUT2D eigenvalue weighted by Crippen LogP contribution is 2.46. The minimum absolute atomic E-state index is 0.139. The fraction of sp³-hybridized carbons (Fsp3) is 0.550. The number of esters is 1. The van der Waals surface area contributed by atoms with Crippen molar-refractivity contribution in [1.29, 1.82) is 0 Å². The van der Waals surface area contributed by atoms with Gasteiger partial charge < -0.3 is 14.6 Å². The molecule has 4 nitrogen and oxygen atoms in total. The van der Waals surface area contributed by atoms with Crippen molar-refractivity contribution >= 4 is 5.97 Å². The molecule has 1 heterocycles. The third kappa shape index (κ3) is 2.95. The molecule has 0 bridgehead atoms. The predicted molar refractivity (Wildman–Crippen MR) is 91.5 cm³/mol. The fourth-order valence-corrected chi connectivity index (χ4v) is 3.99. The lowest BCUT2D eigenvalue weighted by molar-refractivity contribution is -0.151. The Kier molecular flexibility index (Phi) is 4.95. The smallest absolute Gasteiger partial charge is 0.338 e. The monoisotopic (exact) mass is 330 g/mol. The fourth-order valence-electron chi connectivity index (χ4n) is 3.99. The van der Waals surface area contributed by atoms with Crippen molar-refractivity contribution in [2.75, 3.05) is 6.61 Å². The van der Waals surface area contributed by atoms with Gasteiger partial charge in [0.2, 0.25) is 0 Å². The summed E-state index contributed by atoms with van der Waals surface area (Å²) in [6.07, 6.45) is 4.23. The molecule has 1 aliphatic heterocycles. The quantitative estimate of drug-likeness (QED) is 0.809. The second kappa shape index (κ2) is 6.98. The summed E-state index contributed by atoms with van der Waals surface area (Å²) in [5, 5.41) is 10.8. The van der Waals surface area contributed by atoms with Crippen molar-refractivity contribution in [1.82, 2.24) is 0 Å². The molecule has 1 aromatic rings. The molecule has 1 spiro atoms. The molecule has 24 heavy (non-hydrogen) atoms. The number of hydrogen-bond donors (Lipinski definition) is 1. The average Bonchev–Trinajstić information content (AvgIpc) is 2.83. The van der Waals surface area contributed by atoms with Gasteiger partial charge >= 0.3 is 5.97 Å². The second-order valence-corrected chi connectivity index (χ2v) is 6.78. The van der Waals surface area contributed by atoms with Crippen LogP contribution in [0.15, 0.2) is 41.7 Å². The van der Waals surface area contributed by atoms with E-state index in [1.54, 1.807) is 0 Å². The number of carbonyl (C=O) groups is 1. The summed E-state index contributed by atoms with van der Waals surface area (Å²) in [6.45, 7) is 4.41. The van der Waals surface area contributed by atoms with Crippen LogP contribution in [-0.2, 0) is 14.3 Å². The molecule has 1 aliphatic carbocycles. The molecular weight excluding hydrogens is 304 g/mol. The van der Waals surface area contributed by atoms with Crippen molar-refractivity contribution < 1.29 is 19.4 Å². The molecule has 0 saturated heterocycles. The van der Waals surface area contributed by atoms with Gasteiger partial charge in [0.05, 0.1) is 11.7 Å². The van der Waals surface area contributed by atoms with Crippen LogP contribution in [0.5, 0.6) is 0 Å². The summed E-state index contributed by atoms with van der Waals surface area (Å²) in [6, 6.07) is 9.85. The maximum absolute atomic E-state index is 12.5. The number of ether oxygens (including phenoxy) is 2. The largest absolute Gasteiger partial charge is 0.507 e. The third-order valence-corrected chi connectivity index (χ3v) is 5.24. The Hall–Kier alpha value is -1.81. The zero-order chi connectivity index (χ0) is 17.2. The molecule has 1 saturated carbocycles. The Labute approximate surface area is 143 Å². The highest BCUT2D eigenvalue weighted by atomic mass is 16.6. The summed E-state index contributed by atoms with van der Waals surface area (Å²) in [4.78, 5) is 12.5. The first-order valence-corrected chi connectivity index (χ1v) is 8.92. The molecule has 0 aromatic heterocycles. The van der Waals surface area contributed by atoms with Crippen LogP contribution in [-0.4, -0.2) is 23.3 Å². The minimum Gasteiger partial charge on any atom is -0.507 e. The zero-order valence-electron chi connectivity index (χ0n) is 14.5. The number of benzene rings is 1. The maximum atomic E-state index is 12.5. The van der Waals surface area contributed by atoms with Crippen LogP contribution >= 0.6 is 0 Å². The van der Waals surface area contributed by atoms with E-state index in [1.807, 2.05) is 44.2 Å². The molecule has 2 aliphatic rings. The normalized spacial score (nSPS) is 22.5. The van der Waals surface area contributed by atoms with E-state index >= 15 is 0 Å². The van der Waals surface area contributed by atoms with Gasteiger partial charge in [-0.2, -0.15) is 0 Å². The molecule has 1 aromatic carbocycles. The topological polar surface area (TPSA) is 55.8 Å². The van der Waals surface area contributed by atoms with Crippen LogP contribution in [0, 0.1) is 5.92 Å². The first kappa shape index (κ1) is 17.0. The minimum atomic E-state index is -0.785. The molecule has 0 radical (unpaired) electrons. The second-order valence-electron chi connectivity index (χ2n) is 6.78. The molecule has 4 heteroatoms. The Bertz CT molecular complexity index is 614. The van der Waals surface area contributed by atoms with Crippen LogP contribution in [0.25, 0.3) is 0 Å². The van der Waals surface area contributed by atoms with E-state index in [9.17, 15) is 9.90 Å². The molecule has 1 N–H and O–H groups in total. The van der Waals surface area contributed by atoms with Gasteiger partial charge in [-0.15, -0.1) is 0 Å². The highest BCUT2D eigenvalue weighted by molar-refractivity contribution is 5.93. The highest BCUT2D eigenvalue weighted by Gasteiger charge is 2.50. The first-order chi connectivity index (χ1) is 11.6. The van der Waals surface area contributed by atoms with Gasteiger partial charge in [0, 0.05) is 12.5 Å². The molecule has 0 amide bonds. The van der Waals surface area contributed by atoms with E-state index < -0.39 is 5.60 Å². The van der Waals surface area contributed by atoms with E-state index in [1.165, 1.54) is 0 Å². The van der Waals surface area contributed by atoms with Gasteiger partial charge in [-0.1, -0.05) is 43.7 Å². The molecule has 1 fully saturated rings. The summed E-state index contributed by atoms with van der Waals surface area (Å²) >= 11 is 0. The predicted octanol–water partition coefficient (Wildman–Crippen LogP) is 4.47. The lowest BCUT2D eigenvalue weighted by Gasteiger charge is -2.31. The van der Waals surface area contributed by atoms with Crippen molar-refractivity contribution in [2.24, 2.45) is 5.92 Å². The van der Waals surface area contributed by atoms with Crippen LogP contribution < -0.4 is 0 Å². The van der Waals surface area contributed by atoms with Crippen molar-refractivity contribution in [2.45, 2.75) is 57.7 Å². The van der Waals surface area contributed by atoms with Gasteiger partial charge in [0.1, 0.15) is 5.76 Å². The van der Waals surface area contributed by atoms with Crippen molar-refractivity contribution in [3.63, 3.8) is 0 Å². The van der Waals surface area contributed by atoms with Crippen LogP contribution in [0.2, 0.25) is 0 Å². The Morgan fingerprint density at radius 3 is 2.50 bits per heavy atom. The van der Waals surface area contributed by atoms with E-state index in [-0.39, 0.29) is 23.8 Å². The summed E-state index contributed by atoms with van der Waals surface area (Å²) in [5.74, 6) is -0.510. The Morgan fingerprint density at radius 1 is 1.21 bits per heavy atom. The summed E-state index contributed by atoms with van der Waals surface area (Å²) < 4.78 is 11.6. The van der Waals surface area contributed by atoms with Gasteiger partial charge in [0.15, 0.2) is 5.60 Å². The SMILES string of the molecule is CCO[C@@H](c1ccccc1)[C@@H](C)C1=C(O)C2(CCCCC2)OC1=O. The molecule has 3 rings (SSSR count). The zero-order valence-corrected chi connectivity index (χ0v) is 14.5. The van der Waals surface area contributed by atoms with Gasteiger partial charge in [-0.25, -0.2) is 4.79 Å². The number of carbonyl (C=O) groups excluding carboxylic acids is 1. The summed E-state index contributed by atoms with van der Waals surface area (Å²) in [7, 11) is 0.